The highest BCUT2D eigenvalue weighted by atomic mass is 35.5. The second-order valence-corrected chi connectivity index (χ2v) is 2.77. The first-order chi connectivity index (χ1) is 5.24. The summed E-state index contributed by atoms with van der Waals surface area (Å²) < 4.78 is 4.55. The van der Waals surface area contributed by atoms with Crippen LogP contribution in [0, 0.1) is 5.92 Å². The van der Waals surface area contributed by atoms with E-state index in [4.69, 9.17) is 11.6 Å². The molecule has 0 aliphatic heterocycles. The number of hydrogen-bond donors (Lipinski definition) is 0. The molecule has 0 N–H and O–H groups in total. The van der Waals surface area contributed by atoms with Gasteiger partial charge in [-0.2, -0.15) is 0 Å². The summed E-state index contributed by atoms with van der Waals surface area (Å²) in [6.45, 7) is 0. The van der Waals surface area contributed by atoms with Crippen molar-refractivity contribution in [3.8, 4) is 0 Å². The second kappa shape index (κ2) is 3.53. The van der Waals surface area contributed by atoms with Crippen LogP contribution in [0.3, 0.4) is 0 Å². The Kier molecular flexibility index (Phi) is 2.65. The number of rotatable bonds is 3. The number of hydrogen-bond acceptors (Lipinski definition) is 3. The number of halogens is 1. The number of esters is 1. The molecular formula is C7H7ClO3. The van der Waals surface area contributed by atoms with Crippen LogP contribution < -0.4 is 0 Å². The van der Waals surface area contributed by atoms with Crippen LogP contribution in [0.4, 0.5) is 0 Å². The largest absolute Gasteiger partial charge is 0.433 e. The lowest BCUT2D eigenvalue weighted by molar-refractivity contribution is -0.139. The zero-order chi connectivity index (χ0) is 8.27. The van der Waals surface area contributed by atoms with Gasteiger partial charge in [-0.25, -0.2) is 0 Å². The molecule has 0 unspecified atom stereocenters. The predicted octanol–water partition coefficient (Wildman–Crippen LogP) is 1.22. The third kappa shape index (κ3) is 2.72. The van der Waals surface area contributed by atoms with E-state index in [1.54, 1.807) is 0 Å². The molecule has 1 aliphatic carbocycles. The van der Waals surface area contributed by atoms with Gasteiger partial charge >= 0.3 is 5.97 Å². The van der Waals surface area contributed by atoms with Crippen molar-refractivity contribution in [1.82, 2.24) is 0 Å². The highest BCUT2D eigenvalue weighted by Crippen LogP contribution is 2.30. The quantitative estimate of drug-likeness (QED) is 0.280. The van der Waals surface area contributed by atoms with Crippen LogP contribution in [0.15, 0.2) is 11.3 Å². The summed E-state index contributed by atoms with van der Waals surface area (Å²) in [4.78, 5) is 20.7. The Bertz CT molecular complexity index is 206. The Morgan fingerprint density at radius 2 is 2.18 bits per heavy atom. The SMILES string of the molecule is O=C/C(Cl)=C/OC(=O)C1CC1. The summed E-state index contributed by atoms with van der Waals surface area (Å²) in [6.07, 6.45) is 3.15. The highest BCUT2D eigenvalue weighted by Gasteiger charge is 2.30. The van der Waals surface area contributed by atoms with Crippen molar-refractivity contribution in [2.24, 2.45) is 5.92 Å². The minimum absolute atomic E-state index is 0.0300. The number of carbonyl (C=O) groups excluding carboxylic acids is 2. The van der Waals surface area contributed by atoms with Crippen LogP contribution in [-0.2, 0) is 14.3 Å². The first kappa shape index (κ1) is 8.27. The van der Waals surface area contributed by atoms with Crippen molar-refractivity contribution >= 4 is 23.9 Å². The van der Waals surface area contributed by atoms with Crippen LogP contribution in [0.2, 0.25) is 0 Å². The van der Waals surface area contributed by atoms with E-state index in [0.29, 0.717) is 6.29 Å². The van der Waals surface area contributed by atoms with E-state index >= 15 is 0 Å². The average molecular weight is 175 g/mol. The third-order valence-corrected chi connectivity index (χ3v) is 1.49. The third-order valence-electron chi connectivity index (χ3n) is 1.31. The molecular weight excluding hydrogens is 168 g/mol. The maximum atomic E-state index is 10.8. The molecule has 0 aromatic heterocycles. The Balaban J connectivity index is 2.29. The molecule has 1 rings (SSSR count). The van der Waals surface area contributed by atoms with Crippen LogP contribution in [0.25, 0.3) is 0 Å². The molecule has 0 atom stereocenters. The molecule has 0 aromatic rings. The molecule has 0 aromatic carbocycles. The van der Waals surface area contributed by atoms with E-state index in [9.17, 15) is 9.59 Å². The van der Waals surface area contributed by atoms with Gasteiger partial charge in [-0.1, -0.05) is 11.6 Å². The van der Waals surface area contributed by atoms with Gasteiger partial charge in [0.05, 0.1) is 5.92 Å². The first-order valence-electron chi connectivity index (χ1n) is 3.25. The summed E-state index contributed by atoms with van der Waals surface area (Å²) >= 11 is 5.25. The van der Waals surface area contributed by atoms with Crippen molar-refractivity contribution in [3.05, 3.63) is 11.3 Å². The Morgan fingerprint density at radius 3 is 2.64 bits per heavy atom. The molecule has 0 heterocycles. The Labute approximate surface area is 69.0 Å². The van der Waals surface area contributed by atoms with Crippen molar-refractivity contribution in [1.29, 1.82) is 0 Å². The minimum atomic E-state index is -0.301. The van der Waals surface area contributed by atoms with E-state index in [2.05, 4.69) is 4.74 Å². The second-order valence-electron chi connectivity index (χ2n) is 2.33. The molecule has 3 nitrogen and oxygen atoms in total. The number of allylic oxidation sites excluding steroid dienone is 1. The monoisotopic (exact) mass is 174 g/mol. The summed E-state index contributed by atoms with van der Waals surface area (Å²) in [6, 6.07) is 0. The maximum Gasteiger partial charge on any atom is 0.313 e. The number of ether oxygens (including phenoxy) is 1. The summed E-state index contributed by atoms with van der Waals surface area (Å²) in [7, 11) is 0. The Hall–Kier alpha value is -0.830. The number of carbonyl (C=O) groups is 2. The van der Waals surface area contributed by atoms with Gasteiger partial charge in [0.1, 0.15) is 11.3 Å². The molecule has 0 bridgehead atoms. The van der Waals surface area contributed by atoms with Gasteiger partial charge in [-0.15, -0.1) is 0 Å². The zero-order valence-corrected chi connectivity index (χ0v) is 6.50. The van der Waals surface area contributed by atoms with Crippen molar-refractivity contribution < 1.29 is 14.3 Å². The molecule has 0 saturated heterocycles. The molecule has 0 amide bonds. The van der Waals surface area contributed by atoms with Gasteiger partial charge in [-0.3, -0.25) is 9.59 Å². The summed E-state index contributed by atoms with van der Waals surface area (Å²) in [5.41, 5.74) is 0. The fourth-order valence-electron chi connectivity index (χ4n) is 0.557. The van der Waals surface area contributed by atoms with Gasteiger partial charge in [-0.05, 0) is 12.8 Å². The molecule has 4 heteroatoms. The van der Waals surface area contributed by atoms with E-state index in [-0.39, 0.29) is 16.9 Å². The highest BCUT2D eigenvalue weighted by molar-refractivity contribution is 6.38. The fourth-order valence-corrected chi connectivity index (χ4v) is 0.602. The summed E-state index contributed by atoms with van der Waals surface area (Å²) in [5.74, 6) is -0.271. The van der Waals surface area contributed by atoms with E-state index in [1.807, 2.05) is 0 Å². The van der Waals surface area contributed by atoms with Gasteiger partial charge in [0.25, 0.3) is 0 Å². The summed E-state index contributed by atoms with van der Waals surface area (Å²) in [5, 5.41) is -0.0981. The number of aldehydes is 1. The predicted molar refractivity (Wildman–Crippen MR) is 38.8 cm³/mol. The molecule has 0 spiro atoms. The van der Waals surface area contributed by atoms with Crippen molar-refractivity contribution in [2.45, 2.75) is 12.8 Å². The average Bonchev–Trinajstić information content (AvgIpc) is 2.81. The van der Waals surface area contributed by atoms with E-state index in [1.165, 1.54) is 0 Å². The normalized spacial score (nSPS) is 17.7. The minimum Gasteiger partial charge on any atom is -0.433 e. The molecule has 60 valence electrons. The van der Waals surface area contributed by atoms with Gasteiger partial charge < -0.3 is 4.74 Å². The standard InChI is InChI=1S/C7H7ClO3/c8-6(3-9)4-11-7(10)5-1-2-5/h3-5H,1-2H2/b6-4-. The van der Waals surface area contributed by atoms with E-state index in [0.717, 1.165) is 19.1 Å². The van der Waals surface area contributed by atoms with Gasteiger partial charge in [0, 0.05) is 0 Å². The van der Waals surface area contributed by atoms with Crippen LogP contribution in [0.1, 0.15) is 12.8 Å². The molecule has 1 saturated carbocycles. The fraction of sp³-hybridized carbons (Fsp3) is 0.429. The smallest absolute Gasteiger partial charge is 0.313 e. The van der Waals surface area contributed by atoms with Crippen LogP contribution in [-0.4, -0.2) is 12.3 Å². The maximum absolute atomic E-state index is 10.8. The lowest BCUT2D eigenvalue weighted by Crippen LogP contribution is -2.01. The van der Waals surface area contributed by atoms with Gasteiger partial charge in [0.15, 0.2) is 6.29 Å². The zero-order valence-electron chi connectivity index (χ0n) is 5.75. The molecule has 11 heavy (non-hydrogen) atoms. The van der Waals surface area contributed by atoms with Crippen molar-refractivity contribution in [2.75, 3.05) is 0 Å². The topological polar surface area (TPSA) is 43.4 Å². The molecule has 1 fully saturated rings. The van der Waals surface area contributed by atoms with E-state index < -0.39 is 0 Å². The lowest BCUT2D eigenvalue weighted by Gasteiger charge is -1.93. The first-order valence-corrected chi connectivity index (χ1v) is 3.63. The van der Waals surface area contributed by atoms with Crippen LogP contribution >= 0.6 is 11.6 Å². The van der Waals surface area contributed by atoms with Gasteiger partial charge in [0.2, 0.25) is 0 Å². The van der Waals surface area contributed by atoms with Crippen LogP contribution in [0.5, 0.6) is 0 Å². The Morgan fingerprint density at radius 1 is 1.55 bits per heavy atom. The molecule has 1 aliphatic rings. The van der Waals surface area contributed by atoms with Crippen molar-refractivity contribution in [3.63, 3.8) is 0 Å². The molecule has 0 radical (unpaired) electrons. The lowest BCUT2D eigenvalue weighted by atomic mass is 10.4.